The molecule has 2 aromatic rings. The third kappa shape index (κ3) is 4.00. The largest absolute Gasteiger partial charge is 0.497 e. The summed E-state index contributed by atoms with van der Waals surface area (Å²) in [7, 11) is 3.72. The quantitative estimate of drug-likeness (QED) is 0.903. The van der Waals surface area contributed by atoms with E-state index in [1.165, 1.54) is 4.88 Å². The number of amides is 2. The Balaban J connectivity index is 1.55. The van der Waals surface area contributed by atoms with Gasteiger partial charge in [0.25, 0.3) is 0 Å². The van der Waals surface area contributed by atoms with Gasteiger partial charge in [-0.05, 0) is 24.7 Å². The highest BCUT2D eigenvalue weighted by Gasteiger charge is 2.18. The fourth-order valence-corrected chi connectivity index (χ4v) is 3.57. The predicted octanol–water partition coefficient (Wildman–Crippen LogP) is 2.46. The molecule has 1 aromatic heterocycles. The second kappa shape index (κ2) is 6.97. The molecule has 0 aliphatic carbocycles. The highest BCUT2D eigenvalue weighted by Crippen LogP contribution is 2.27. The van der Waals surface area contributed by atoms with Gasteiger partial charge in [-0.2, -0.15) is 0 Å². The number of urea groups is 1. The van der Waals surface area contributed by atoms with Gasteiger partial charge in [0.15, 0.2) is 5.13 Å². The predicted molar refractivity (Wildman–Crippen MR) is 91.0 cm³/mol. The van der Waals surface area contributed by atoms with Crippen molar-refractivity contribution in [1.82, 2.24) is 15.2 Å². The maximum Gasteiger partial charge on any atom is 0.321 e. The van der Waals surface area contributed by atoms with Crippen molar-refractivity contribution in [3.05, 3.63) is 40.4 Å². The SMILES string of the molecule is COc1cccc(CNC(=O)Nc2nc3c(s2)CN(C)CC3)c1. The van der Waals surface area contributed by atoms with E-state index in [9.17, 15) is 4.79 Å². The Bertz CT molecular complexity index is 701. The van der Waals surface area contributed by atoms with E-state index in [4.69, 9.17) is 4.74 Å². The van der Waals surface area contributed by atoms with Crippen LogP contribution in [0.25, 0.3) is 0 Å². The van der Waals surface area contributed by atoms with Crippen LogP contribution in [0, 0.1) is 0 Å². The van der Waals surface area contributed by atoms with Gasteiger partial charge in [0.1, 0.15) is 5.75 Å². The number of benzene rings is 1. The summed E-state index contributed by atoms with van der Waals surface area (Å²) in [5.41, 5.74) is 2.09. The van der Waals surface area contributed by atoms with Crippen LogP contribution in [0.4, 0.5) is 9.93 Å². The molecule has 0 bridgehead atoms. The van der Waals surface area contributed by atoms with Crippen LogP contribution >= 0.6 is 11.3 Å². The number of nitrogens with zero attached hydrogens (tertiary/aromatic N) is 2. The second-order valence-electron chi connectivity index (χ2n) is 5.54. The zero-order valence-corrected chi connectivity index (χ0v) is 14.1. The molecule has 0 saturated heterocycles. The van der Waals surface area contributed by atoms with E-state index in [2.05, 4.69) is 27.6 Å². The summed E-state index contributed by atoms with van der Waals surface area (Å²) < 4.78 is 5.17. The van der Waals surface area contributed by atoms with Crippen LogP contribution in [0.1, 0.15) is 16.1 Å². The van der Waals surface area contributed by atoms with Gasteiger partial charge in [0.2, 0.25) is 0 Å². The van der Waals surface area contributed by atoms with Gasteiger partial charge in [-0.15, -0.1) is 11.3 Å². The van der Waals surface area contributed by atoms with E-state index in [1.54, 1.807) is 18.4 Å². The molecule has 2 amide bonds. The number of hydrogen-bond acceptors (Lipinski definition) is 5. The number of likely N-dealkylation sites (N-methyl/N-ethyl adjacent to an activating group) is 1. The summed E-state index contributed by atoms with van der Waals surface area (Å²) in [6.45, 7) is 2.36. The molecular weight excluding hydrogens is 312 g/mol. The second-order valence-corrected chi connectivity index (χ2v) is 6.62. The highest BCUT2D eigenvalue weighted by atomic mass is 32.1. The van der Waals surface area contributed by atoms with E-state index in [0.717, 1.165) is 36.5 Å². The van der Waals surface area contributed by atoms with Crippen LogP contribution in [-0.2, 0) is 19.5 Å². The van der Waals surface area contributed by atoms with Gasteiger partial charge >= 0.3 is 6.03 Å². The van der Waals surface area contributed by atoms with Crippen LogP contribution in [0.5, 0.6) is 5.75 Å². The molecule has 3 rings (SSSR count). The Morgan fingerprint density at radius 2 is 2.35 bits per heavy atom. The molecule has 0 spiro atoms. The average molecular weight is 332 g/mol. The molecule has 0 unspecified atom stereocenters. The van der Waals surface area contributed by atoms with Crippen LogP contribution < -0.4 is 15.4 Å². The molecule has 0 atom stereocenters. The van der Waals surface area contributed by atoms with E-state index in [-0.39, 0.29) is 6.03 Å². The maximum atomic E-state index is 12.0. The van der Waals surface area contributed by atoms with Crippen molar-refractivity contribution in [2.75, 3.05) is 26.0 Å². The number of carbonyl (C=O) groups is 1. The summed E-state index contributed by atoms with van der Waals surface area (Å²) in [6.07, 6.45) is 0.940. The molecule has 0 fully saturated rings. The molecule has 6 nitrogen and oxygen atoms in total. The first kappa shape index (κ1) is 15.8. The standard InChI is InChI=1S/C16H20N4O2S/c1-20-7-6-13-14(10-20)23-16(18-13)19-15(21)17-9-11-4-3-5-12(8-11)22-2/h3-5,8H,6-7,9-10H2,1-2H3,(H2,17,18,19,21). The van der Waals surface area contributed by atoms with Crippen molar-refractivity contribution in [3.8, 4) is 5.75 Å². The molecule has 0 radical (unpaired) electrons. The van der Waals surface area contributed by atoms with Crippen molar-refractivity contribution in [1.29, 1.82) is 0 Å². The number of nitrogens with one attached hydrogen (secondary N) is 2. The molecule has 2 heterocycles. The number of anilines is 1. The average Bonchev–Trinajstić information content (AvgIpc) is 2.94. The Morgan fingerprint density at radius 3 is 3.17 bits per heavy atom. The fourth-order valence-electron chi connectivity index (χ4n) is 2.48. The Hall–Kier alpha value is -2.12. The molecule has 122 valence electrons. The molecule has 1 aliphatic rings. The van der Waals surface area contributed by atoms with Crippen LogP contribution in [0.3, 0.4) is 0 Å². The first-order chi connectivity index (χ1) is 11.1. The van der Waals surface area contributed by atoms with Crippen LogP contribution in [0.2, 0.25) is 0 Å². The van der Waals surface area contributed by atoms with Gasteiger partial charge in [-0.25, -0.2) is 9.78 Å². The summed E-state index contributed by atoms with van der Waals surface area (Å²) in [5, 5.41) is 6.32. The number of fused-ring (bicyclic) bond motifs is 1. The normalized spacial score (nSPS) is 14.2. The minimum absolute atomic E-state index is 0.243. The van der Waals surface area contributed by atoms with Gasteiger partial charge in [-0.1, -0.05) is 12.1 Å². The summed E-state index contributed by atoms with van der Waals surface area (Å²) in [5.74, 6) is 0.779. The maximum absolute atomic E-state index is 12.0. The molecular formula is C16H20N4O2S. The summed E-state index contributed by atoms with van der Waals surface area (Å²) in [4.78, 5) is 20.0. The Kier molecular flexibility index (Phi) is 4.78. The minimum Gasteiger partial charge on any atom is -0.497 e. The monoisotopic (exact) mass is 332 g/mol. The van der Waals surface area contributed by atoms with Crippen molar-refractivity contribution >= 4 is 22.5 Å². The lowest BCUT2D eigenvalue weighted by molar-refractivity contribution is 0.251. The Morgan fingerprint density at radius 1 is 1.48 bits per heavy atom. The van der Waals surface area contributed by atoms with Crippen molar-refractivity contribution < 1.29 is 9.53 Å². The van der Waals surface area contributed by atoms with Gasteiger partial charge < -0.3 is 15.0 Å². The first-order valence-electron chi connectivity index (χ1n) is 7.49. The van der Waals surface area contributed by atoms with Gasteiger partial charge in [-0.3, -0.25) is 5.32 Å². The Labute approximate surface area is 139 Å². The highest BCUT2D eigenvalue weighted by molar-refractivity contribution is 7.15. The number of carbonyl (C=O) groups excluding carboxylic acids is 1. The number of hydrogen-bond donors (Lipinski definition) is 2. The number of methoxy groups -OCH3 is 1. The fraction of sp³-hybridized carbons (Fsp3) is 0.375. The van der Waals surface area contributed by atoms with Crippen molar-refractivity contribution in [2.24, 2.45) is 0 Å². The number of ether oxygens (including phenoxy) is 1. The smallest absolute Gasteiger partial charge is 0.321 e. The zero-order chi connectivity index (χ0) is 16.2. The molecule has 2 N–H and O–H groups in total. The lowest BCUT2D eigenvalue weighted by Crippen LogP contribution is -2.28. The molecule has 23 heavy (non-hydrogen) atoms. The van der Waals surface area contributed by atoms with E-state index in [1.807, 2.05) is 24.3 Å². The minimum atomic E-state index is -0.243. The zero-order valence-electron chi connectivity index (χ0n) is 13.3. The summed E-state index contributed by atoms with van der Waals surface area (Å²) in [6, 6.07) is 7.38. The van der Waals surface area contributed by atoms with E-state index < -0.39 is 0 Å². The topological polar surface area (TPSA) is 66.5 Å². The lowest BCUT2D eigenvalue weighted by Gasteiger charge is -2.20. The van der Waals surface area contributed by atoms with Gasteiger partial charge in [0.05, 0.1) is 12.8 Å². The molecule has 0 saturated carbocycles. The van der Waals surface area contributed by atoms with Crippen LogP contribution in [-0.4, -0.2) is 36.6 Å². The van der Waals surface area contributed by atoms with Crippen molar-refractivity contribution in [2.45, 2.75) is 19.5 Å². The van der Waals surface area contributed by atoms with E-state index >= 15 is 0 Å². The van der Waals surface area contributed by atoms with Crippen LogP contribution in [0.15, 0.2) is 24.3 Å². The molecule has 1 aliphatic heterocycles. The third-order valence-electron chi connectivity index (χ3n) is 3.73. The molecule has 7 heteroatoms. The number of rotatable bonds is 4. The number of aromatic nitrogens is 1. The first-order valence-corrected chi connectivity index (χ1v) is 8.30. The van der Waals surface area contributed by atoms with E-state index in [0.29, 0.717) is 11.7 Å². The van der Waals surface area contributed by atoms with Gasteiger partial charge in [0, 0.05) is 30.9 Å². The third-order valence-corrected chi connectivity index (χ3v) is 4.73. The lowest BCUT2D eigenvalue weighted by atomic mass is 10.2. The summed E-state index contributed by atoms with van der Waals surface area (Å²) >= 11 is 1.55. The van der Waals surface area contributed by atoms with Crippen molar-refractivity contribution in [3.63, 3.8) is 0 Å². The number of thiazole rings is 1. The molecule has 1 aromatic carbocycles.